The van der Waals surface area contributed by atoms with Crippen molar-refractivity contribution in [2.75, 3.05) is 19.8 Å². The highest BCUT2D eigenvalue weighted by atomic mass is 16.5. The van der Waals surface area contributed by atoms with Crippen molar-refractivity contribution in [2.24, 2.45) is 5.92 Å². The summed E-state index contributed by atoms with van der Waals surface area (Å²) in [6, 6.07) is 6.97. The third-order valence-corrected chi connectivity index (χ3v) is 2.77. The summed E-state index contributed by atoms with van der Waals surface area (Å²) in [5.74, 6) is -0.217. The molecule has 0 aliphatic carbocycles. The Labute approximate surface area is 114 Å². The monoisotopic (exact) mass is 265 g/mol. The molecule has 4 heteroatoms. The van der Waals surface area contributed by atoms with E-state index in [1.807, 2.05) is 6.07 Å². The number of carboxylic acid groups (broad SMARTS) is 1. The predicted molar refractivity (Wildman–Crippen MR) is 75.4 cm³/mol. The number of rotatable bonds is 9. The van der Waals surface area contributed by atoms with Gasteiger partial charge in [-0.3, -0.25) is 0 Å². The molecule has 0 spiro atoms. The van der Waals surface area contributed by atoms with Crippen LogP contribution in [-0.4, -0.2) is 30.8 Å². The van der Waals surface area contributed by atoms with Crippen LogP contribution in [0.2, 0.25) is 0 Å². The van der Waals surface area contributed by atoms with E-state index in [1.165, 1.54) is 0 Å². The maximum Gasteiger partial charge on any atom is 0.335 e. The van der Waals surface area contributed by atoms with Gasteiger partial charge in [0, 0.05) is 19.7 Å². The van der Waals surface area contributed by atoms with Crippen LogP contribution in [0.25, 0.3) is 0 Å². The zero-order valence-corrected chi connectivity index (χ0v) is 11.7. The first kappa shape index (κ1) is 15.7. The Morgan fingerprint density at radius 2 is 2.16 bits per heavy atom. The number of carbonyl (C=O) groups is 1. The second kappa shape index (κ2) is 8.67. The van der Waals surface area contributed by atoms with E-state index < -0.39 is 5.97 Å². The number of hydrogen-bond donors (Lipinski definition) is 2. The van der Waals surface area contributed by atoms with E-state index in [9.17, 15) is 4.79 Å². The Balaban J connectivity index is 2.15. The highest BCUT2D eigenvalue weighted by Gasteiger charge is 2.02. The van der Waals surface area contributed by atoms with E-state index in [-0.39, 0.29) is 0 Å². The molecule has 0 heterocycles. The van der Waals surface area contributed by atoms with Crippen LogP contribution in [0.15, 0.2) is 24.3 Å². The maximum absolute atomic E-state index is 10.8. The lowest BCUT2D eigenvalue weighted by atomic mass is 10.1. The second-order valence-electron chi connectivity index (χ2n) is 4.98. The molecule has 106 valence electrons. The number of benzene rings is 1. The van der Waals surface area contributed by atoms with Gasteiger partial charge in [0.2, 0.25) is 0 Å². The molecule has 0 bridgehead atoms. The molecule has 0 saturated heterocycles. The first-order chi connectivity index (χ1) is 9.09. The van der Waals surface area contributed by atoms with Crippen molar-refractivity contribution in [2.45, 2.75) is 26.8 Å². The summed E-state index contributed by atoms with van der Waals surface area (Å²) in [5.41, 5.74) is 1.30. The maximum atomic E-state index is 10.8. The molecule has 1 aromatic carbocycles. The van der Waals surface area contributed by atoms with Crippen molar-refractivity contribution in [1.29, 1.82) is 0 Å². The molecule has 0 fully saturated rings. The van der Waals surface area contributed by atoms with E-state index in [0.29, 0.717) is 24.6 Å². The molecule has 0 radical (unpaired) electrons. The van der Waals surface area contributed by atoms with Gasteiger partial charge in [0.25, 0.3) is 0 Å². The molecule has 1 rings (SSSR count). The number of carboxylic acids is 1. The highest BCUT2D eigenvalue weighted by molar-refractivity contribution is 5.87. The molecule has 0 amide bonds. The van der Waals surface area contributed by atoms with Crippen molar-refractivity contribution < 1.29 is 14.6 Å². The molecule has 0 aromatic heterocycles. The highest BCUT2D eigenvalue weighted by Crippen LogP contribution is 2.05. The summed E-state index contributed by atoms with van der Waals surface area (Å²) < 4.78 is 5.49. The Bertz CT molecular complexity index is 391. The van der Waals surface area contributed by atoms with Crippen molar-refractivity contribution in [3.63, 3.8) is 0 Å². The quantitative estimate of drug-likeness (QED) is 0.674. The molecule has 0 saturated carbocycles. The fraction of sp³-hybridized carbons (Fsp3) is 0.533. The van der Waals surface area contributed by atoms with Gasteiger partial charge in [-0.2, -0.15) is 0 Å². The van der Waals surface area contributed by atoms with Crippen LogP contribution in [0.1, 0.15) is 36.2 Å². The van der Waals surface area contributed by atoms with Gasteiger partial charge in [0.15, 0.2) is 0 Å². The van der Waals surface area contributed by atoms with Gasteiger partial charge in [-0.05, 0) is 30.0 Å². The number of aromatic carboxylic acids is 1. The summed E-state index contributed by atoms with van der Waals surface area (Å²) in [6.45, 7) is 7.28. The first-order valence-electron chi connectivity index (χ1n) is 6.70. The largest absolute Gasteiger partial charge is 0.478 e. The van der Waals surface area contributed by atoms with Gasteiger partial charge < -0.3 is 15.2 Å². The third-order valence-electron chi connectivity index (χ3n) is 2.77. The lowest BCUT2D eigenvalue weighted by Crippen LogP contribution is -2.19. The standard InChI is InChI=1S/C15H23NO3/c1-12(2)6-8-19-9-7-16-11-13-4-3-5-14(10-13)15(17)18/h3-5,10,12,16H,6-9,11H2,1-2H3,(H,17,18). The molecular formula is C15H23NO3. The molecule has 2 N–H and O–H groups in total. The summed E-state index contributed by atoms with van der Waals surface area (Å²) in [4.78, 5) is 10.8. The van der Waals surface area contributed by atoms with Gasteiger partial charge in [0.1, 0.15) is 0 Å². The average molecular weight is 265 g/mol. The predicted octanol–water partition coefficient (Wildman–Crippen LogP) is 2.54. The summed E-state index contributed by atoms with van der Waals surface area (Å²) in [5, 5.41) is 12.1. The molecule has 0 atom stereocenters. The fourth-order valence-electron chi connectivity index (χ4n) is 1.61. The first-order valence-corrected chi connectivity index (χ1v) is 6.70. The van der Waals surface area contributed by atoms with E-state index >= 15 is 0 Å². The zero-order valence-electron chi connectivity index (χ0n) is 11.7. The van der Waals surface area contributed by atoms with Crippen LogP contribution in [0, 0.1) is 5.92 Å². The summed E-state index contributed by atoms with van der Waals surface area (Å²) in [6.07, 6.45) is 1.08. The van der Waals surface area contributed by atoms with E-state index in [2.05, 4.69) is 19.2 Å². The molecule has 4 nitrogen and oxygen atoms in total. The Hall–Kier alpha value is -1.39. The van der Waals surface area contributed by atoms with Gasteiger partial charge in [-0.25, -0.2) is 4.79 Å². The Morgan fingerprint density at radius 3 is 2.84 bits per heavy atom. The van der Waals surface area contributed by atoms with Crippen LogP contribution >= 0.6 is 0 Å². The second-order valence-corrected chi connectivity index (χ2v) is 4.98. The minimum Gasteiger partial charge on any atom is -0.478 e. The van der Waals surface area contributed by atoms with E-state index in [4.69, 9.17) is 9.84 Å². The fourth-order valence-corrected chi connectivity index (χ4v) is 1.61. The summed E-state index contributed by atoms with van der Waals surface area (Å²) in [7, 11) is 0. The van der Waals surface area contributed by atoms with Crippen LogP contribution in [0.4, 0.5) is 0 Å². The Morgan fingerprint density at radius 1 is 1.37 bits per heavy atom. The van der Waals surface area contributed by atoms with Crippen molar-refractivity contribution in [1.82, 2.24) is 5.32 Å². The Kier molecular flexibility index (Phi) is 7.15. The number of nitrogens with one attached hydrogen (secondary N) is 1. The normalized spacial score (nSPS) is 10.9. The molecule has 19 heavy (non-hydrogen) atoms. The molecule has 0 aliphatic heterocycles. The smallest absolute Gasteiger partial charge is 0.335 e. The van der Waals surface area contributed by atoms with Crippen molar-refractivity contribution in [3.8, 4) is 0 Å². The van der Waals surface area contributed by atoms with Gasteiger partial charge in [0.05, 0.1) is 12.2 Å². The average Bonchev–Trinajstić information content (AvgIpc) is 2.37. The minimum atomic E-state index is -0.890. The summed E-state index contributed by atoms with van der Waals surface area (Å²) >= 11 is 0. The molecular weight excluding hydrogens is 242 g/mol. The number of hydrogen-bond acceptors (Lipinski definition) is 3. The topological polar surface area (TPSA) is 58.6 Å². The van der Waals surface area contributed by atoms with Gasteiger partial charge in [-0.1, -0.05) is 26.0 Å². The van der Waals surface area contributed by atoms with E-state index in [0.717, 1.165) is 25.1 Å². The van der Waals surface area contributed by atoms with Crippen LogP contribution in [0.3, 0.4) is 0 Å². The molecule has 0 unspecified atom stereocenters. The van der Waals surface area contributed by atoms with Crippen LogP contribution in [-0.2, 0) is 11.3 Å². The van der Waals surface area contributed by atoms with E-state index in [1.54, 1.807) is 18.2 Å². The molecule has 1 aromatic rings. The third kappa shape index (κ3) is 6.94. The van der Waals surface area contributed by atoms with Crippen LogP contribution < -0.4 is 5.32 Å². The molecule has 0 aliphatic rings. The van der Waals surface area contributed by atoms with Crippen LogP contribution in [0.5, 0.6) is 0 Å². The van der Waals surface area contributed by atoms with Crippen molar-refractivity contribution >= 4 is 5.97 Å². The lowest BCUT2D eigenvalue weighted by molar-refractivity contribution is 0.0696. The lowest BCUT2D eigenvalue weighted by Gasteiger charge is -2.08. The van der Waals surface area contributed by atoms with Gasteiger partial charge >= 0.3 is 5.97 Å². The minimum absolute atomic E-state index is 0.326. The number of ether oxygens (including phenoxy) is 1. The SMILES string of the molecule is CC(C)CCOCCNCc1cccc(C(=O)O)c1. The van der Waals surface area contributed by atoms with Crippen molar-refractivity contribution in [3.05, 3.63) is 35.4 Å². The van der Waals surface area contributed by atoms with Gasteiger partial charge in [-0.15, -0.1) is 0 Å². The zero-order chi connectivity index (χ0) is 14.1.